The lowest BCUT2D eigenvalue weighted by atomic mass is 10.1. The molecule has 1 aromatic rings. The predicted octanol–water partition coefficient (Wildman–Crippen LogP) is 1.07. The Labute approximate surface area is 117 Å². The Kier molecular flexibility index (Phi) is 3.66. The van der Waals surface area contributed by atoms with Crippen molar-refractivity contribution in [2.24, 2.45) is 0 Å². The van der Waals surface area contributed by atoms with Gasteiger partial charge in [-0.2, -0.15) is 8.42 Å². The number of carbonyl (C=O) groups is 2. The first-order valence-electron chi connectivity index (χ1n) is 5.58. The van der Waals surface area contributed by atoms with Crippen molar-refractivity contribution in [1.82, 2.24) is 0 Å². The molecule has 1 saturated heterocycles. The number of carboxylic acid groups (broad SMARTS) is 1. The zero-order valence-corrected chi connectivity index (χ0v) is 11.0. The van der Waals surface area contributed by atoms with Crippen LogP contribution in [0.25, 0.3) is 0 Å². The van der Waals surface area contributed by atoms with Crippen LogP contribution in [0.1, 0.15) is 16.8 Å². The lowest BCUT2D eigenvalue weighted by molar-refractivity contribution is -0.117. The van der Waals surface area contributed by atoms with E-state index >= 15 is 0 Å². The van der Waals surface area contributed by atoms with Crippen molar-refractivity contribution in [3.8, 4) is 0 Å². The highest BCUT2D eigenvalue weighted by Gasteiger charge is 2.40. The van der Waals surface area contributed by atoms with Crippen LogP contribution >= 0.6 is 0 Å². The molecule has 21 heavy (non-hydrogen) atoms. The molecule has 1 N–H and O–H groups in total. The summed E-state index contributed by atoms with van der Waals surface area (Å²) in [4.78, 5) is 23.0. The molecule has 1 aromatic carbocycles. The number of nitrogens with zero attached hydrogens (tertiary/aromatic N) is 1. The molecule has 1 amide bonds. The van der Waals surface area contributed by atoms with Gasteiger partial charge in [-0.1, -0.05) is 0 Å². The van der Waals surface area contributed by atoms with Crippen molar-refractivity contribution >= 4 is 27.8 Å². The maximum Gasteiger partial charge on any atom is 0.341 e. The van der Waals surface area contributed by atoms with Gasteiger partial charge in [0.05, 0.1) is 5.69 Å². The average molecular weight is 323 g/mol. The molecule has 0 radical (unpaired) electrons. The largest absolute Gasteiger partial charge is 0.477 e. The molecular formula is C11H8F3NO5S. The highest BCUT2D eigenvalue weighted by molar-refractivity contribution is 7.87. The zero-order valence-electron chi connectivity index (χ0n) is 10.2. The van der Waals surface area contributed by atoms with Crippen LogP contribution in [0.15, 0.2) is 12.1 Å². The van der Waals surface area contributed by atoms with E-state index in [0.29, 0.717) is 11.0 Å². The Hall–Kier alpha value is -2.10. The second kappa shape index (κ2) is 5.02. The smallest absolute Gasteiger partial charge is 0.341 e. The van der Waals surface area contributed by atoms with Crippen LogP contribution < -0.4 is 4.90 Å². The van der Waals surface area contributed by atoms with Crippen molar-refractivity contribution in [3.63, 3.8) is 0 Å². The molecule has 0 aromatic heterocycles. The van der Waals surface area contributed by atoms with Crippen LogP contribution in [0.4, 0.5) is 18.4 Å². The lowest BCUT2D eigenvalue weighted by Gasteiger charge is -2.17. The maximum atomic E-state index is 14.0. The van der Waals surface area contributed by atoms with Crippen molar-refractivity contribution in [3.05, 3.63) is 29.3 Å². The average Bonchev–Trinajstić information content (AvgIpc) is 2.71. The molecule has 1 heterocycles. The van der Waals surface area contributed by atoms with Gasteiger partial charge in [0.2, 0.25) is 5.91 Å². The molecule has 10 heteroatoms. The number of aromatic carboxylic acids is 1. The fourth-order valence-electron chi connectivity index (χ4n) is 2.04. The molecule has 6 nitrogen and oxygen atoms in total. The summed E-state index contributed by atoms with van der Waals surface area (Å²) in [5, 5.41) is 7.06. The monoisotopic (exact) mass is 323 g/mol. The Balaban J connectivity index is 2.47. The zero-order chi connectivity index (χ0) is 15.9. The van der Waals surface area contributed by atoms with E-state index in [0.717, 1.165) is 6.07 Å². The normalized spacial score (nSPS) is 19.1. The first-order chi connectivity index (χ1) is 9.62. The fourth-order valence-corrected chi connectivity index (χ4v) is 2.71. The van der Waals surface area contributed by atoms with Crippen LogP contribution in [-0.4, -0.2) is 37.2 Å². The summed E-state index contributed by atoms with van der Waals surface area (Å²) >= 11 is 0. The van der Waals surface area contributed by atoms with Crippen LogP contribution in [0, 0.1) is 11.6 Å². The second-order valence-corrected chi connectivity index (χ2v) is 5.98. The maximum absolute atomic E-state index is 14.0. The Morgan fingerprint density at radius 3 is 2.43 bits per heavy atom. The quantitative estimate of drug-likeness (QED) is 0.840. The van der Waals surface area contributed by atoms with E-state index in [1.165, 1.54) is 0 Å². The van der Waals surface area contributed by atoms with Crippen molar-refractivity contribution < 1.29 is 35.8 Å². The number of anilines is 1. The number of rotatable bonds is 3. The minimum atomic E-state index is -5.00. The highest BCUT2D eigenvalue weighted by atomic mass is 32.3. The van der Waals surface area contributed by atoms with Gasteiger partial charge in [0.1, 0.15) is 16.6 Å². The molecule has 1 unspecified atom stereocenters. The molecule has 1 atom stereocenters. The van der Waals surface area contributed by atoms with E-state index in [1.54, 1.807) is 0 Å². The minimum absolute atomic E-state index is 0.586. The highest BCUT2D eigenvalue weighted by Crippen LogP contribution is 2.30. The van der Waals surface area contributed by atoms with Crippen LogP contribution in [0.2, 0.25) is 0 Å². The SMILES string of the molecule is O=C(O)c1c(F)ccc(N2CC(S(=O)(=O)F)CC2=O)c1F. The van der Waals surface area contributed by atoms with Gasteiger partial charge in [0.15, 0.2) is 5.82 Å². The van der Waals surface area contributed by atoms with Gasteiger partial charge in [0.25, 0.3) is 0 Å². The molecule has 2 rings (SSSR count). The second-order valence-electron chi connectivity index (χ2n) is 4.37. The van der Waals surface area contributed by atoms with Gasteiger partial charge in [-0.05, 0) is 12.1 Å². The summed E-state index contributed by atoms with van der Waals surface area (Å²) in [6, 6.07) is 1.43. The van der Waals surface area contributed by atoms with Gasteiger partial charge in [0, 0.05) is 13.0 Å². The summed E-state index contributed by atoms with van der Waals surface area (Å²) in [5.74, 6) is -5.64. The van der Waals surface area contributed by atoms with Crippen molar-refractivity contribution in [1.29, 1.82) is 0 Å². The number of hydrogen-bond donors (Lipinski definition) is 1. The first kappa shape index (κ1) is 15.3. The molecule has 114 valence electrons. The number of hydrogen-bond acceptors (Lipinski definition) is 4. The third-order valence-corrected chi connectivity index (χ3v) is 4.18. The third kappa shape index (κ3) is 2.71. The Bertz CT molecular complexity index is 734. The lowest BCUT2D eigenvalue weighted by Crippen LogP contribution is -2.28. The van der Waals surface area contributed by atoms with Crippen LogP contribution in [-0.2, 0) is 15.0 Å². The summed E-state index contributed by atoms with van der Waals surface area (Å²) in [6.07, 6.45) is -0.696. The number of carboxylic acids is 1. The molecular weight excluding hydrogens is 315 g/mol. The van der Waals surface area contributed by atoms with E-state index in [2.05, 4.69) is 0 Å². The number of amides is 1. The number of benzene rings is 1. The Morgan fingerprint density at radius 1 is 1.33 bits per heavy atom. The molecule has 1 aliphatic heterocycles. The van der Waals surface area contributed by atoms with Gasteiger partial charge in [-0.15, -0.1) is 3.89 Å². The van der Waals surface area contributed by atoms with Gasteiger partial charge in [-0.3, -0.25) is 4.79 Å². The standard InChI is InChI=1S/C11H8F3NO5S/c12-6-1-2-7(10(13)9(6)11(17)18)15-4-5(3-8(15)16)21(14,19)20/h1-2,5H,3-4H2,(H,17,18). The molecule has 1 aliphatic rings. The summed E-state index contributed by atoms with van der Waals surface area (Å²) in [6.45, 7) is -0.667. The van der Waals surface area contributed by atoms with Gasteiger partial charge in [-0.25, -0.2) is 13.6 Å². The number of carbonyl (C=O) groups excluding carboxylic acids is 1. The summed E-state index contributed by atoms with van der Waals surface area (Å²) in [5.41, 5.74) is -1.88. The van der Waals surface area contributed by atoms with Crippen molar-refractivity contribution in [2.75, 3.05) is 11.4 Å². The molecule has 0 bridgehead atoms. The summed E-state index contributed by atoms with van der Waals surface area (Å²) in [7, 11) is -5.00. The fraction of sp³-hybridized carbons (Fsp3) is 0.273. The predicted molar refractivity (Wildman–Crippen MR) is 64.1 cm³/mol. The summed E-state index contributed by atoms with van der Waals surface area (Å²) < 4.78 is 61.7. The van der Waals surface area contributed by atoms with E-state index < -0.39 is 63.2 Å². The molecule has 1 fully saturated rings. The van der Waals surface area contributed by atoms with Crippen LogP contribution in [0.3, 0.4) is 0 Å². The van der Waals surface area contributed by atoms with E-state index in [-0.39, 0.29) is 0 Å². The van der Waals surface area contributed by atoms with Gasteiger partial charge < -0.3 is 10.0 Å². The Morgan fingerprint density at radius 2 is 1.95 bits per heavy atom. The van der Waals surface area contributed by atoms with E-state index in [4.69, 9.17) is 5.11 Å². The minimum Gasteiger partial charge on any atom is -0.477 e. The molecule has 0 aliphatic carbocycles. The van der Waals surface area contributed by atoms with E-state index in [1.807, 2.05) is 0 Å². The molecule has 0 spiro atoms. The number of halogens is 3. The topological polar surface area (TPSA) is 91.8 Å². The van der Waals surface area contributed by atoms with Gasteiger partial charge >= 0.3 is 16.2 Å². The van der Waals surface area contributed by atoms with Crippen molar-refractivity contribution in [2.45, 2.75) is 11.7 Å². The molecule has 0 saturated carbocycles. The van der Waals surface area contributed by atoms with E-state index in [9.17, 15) is 30.7 Å². The third-order valence-electron chi connectivity index (χ3n) is 3.06. The first-order valence-corrected chi connectivity index (χ1v) is 7.02. The van der Waals surface area contributed by atoms with Crippen LogP contribution in [0.5, 0.6) is 0 Å².